The summed E-state index contributed by atoms with van der Waals surface area (Å²) in [6.45, 7) is 8.61. The molecule has 0 fully saturated rings. The van der Waals surface area contributed by atoms with Crippen LogP contribution in [0.1, 0.15) is 27.7 Å². The highest BCUT2D eigenvalue weighted by Crippen LogP contribution is 1.80. The predicted octanol–water partition coefficient (Wildman–Crippen LogP) is 2.41. The van der Waals surface area contributed by atoms with E-state index in [1.165, 1.54) is 0 Å². The molecule has 0 atom stereocenters. The van der Waals surface area contributed by atoms with Gasteiger partial charge < -0.3 is 5.32 Å². The van der Waals surface area contributed by atoms with E-state index in [0.29, 0.717) is 12.1 Å². The molecule has 0 aliphatic heterocycles. The second kappa shape index (κ2) is 9.18. The molecule has 0 aromatic heterocycles. The van der Waals surface area contributed by atoms with Gasteiger partial charge in [-0.3, -0.25) is 0 Å². The Labute approximate surface area is 74.2 Å². The summed E-state index contributed by atoms with van der Waals surface area (Å²) in [5, 5.41) is 3.31. The smallest absolute Gasteiger partial charge is 0.0297 e. The van der Waals surface area contributed by atoms with E-state index >= 15 is 0 Å². The Hall–Kier alpha value is 0.180. The summed E-state index contributed by atoms with van der Waals surface area (Å²) < 4.78 is 1.92. The van der Waals surface area contributed by atoms with Gasteiger partial charge in [0, 0.05) is 16.4 Å². The maximum Gasteiger partial charge on any atom is 0.0297 e. The number of nitrogens with one attached hydrogen (secondary N) is 1. The summed E-state index contributed by atoms with van der Waals surface area (Å²) in [4.78, 5) is 0. The van der Waals surface area contributed by atoms with Gasteiger partial charge in [0.1, 0.15) is 0 Å². The fraction of sp³-hybridized carbons (Fsp3) is 0.857. The summed E-state index contributed by atoms with van der Waals surface area (Å²) in [5.74, 6) is 0. The van der Waals surface area contributed by atoms with Crippen LogP contribution in [0.5, 0.6) is 0 Å². The third-order valence-electron chi connectivity index (χ3n) is 0.667. The van der Waals surface area contributed by atoms with E-state index < -0.39 is 0 Å². The Bertz CT molecular complexity index is 87.8. The largest absolute Gasteiger partial charge is 0.312 e. The molecule has 0 aliphatic rings. The van der Waals surface area contributed by atoms with Gasteiger partial charge in [-0.1, -0.05) is 27.7 Å². The highest BCUT2D eigenvalue weighted by molar-refractivity contribution is 7.93. The van der Waals surface area contributed by atoms with Gasteiger partial charge in [-0.25, -0.2) is 0 Å². The molecule has 0 bridgehead atoms. The first-order chi connectivity index (χ1) is 4.54. The predicted molar refractivity (Wildman–Crippen MR) is 53.6 cm³/mol. The Morgan fingerprint density at radius 2 is 1.20 bits per heavy atom. The molecule has 3 heteroatoms. The van der Waals surface area contributed by atoms with E-state index in [1.807, 2.05) is 4.31 Å². The molecule has 1 nitrogen and oxygen atoms in total. The molecule has 0 heterocycles. The minimum absolute atomic E-state index is 0.625. The van der Waals surface area contributed by atoms with Crippen LogP contribution in [0.25, 0.3) is 0 Å². The maximum absolute atomic E-state index is 3.96. The van der Waals surface area contributed by atoms with Gasteiger partial charge in [-0.05, 0) is 24.4 Å². The van der Waals surface area contributed by atoms with Gasteiger partial charge in [0.25, 0.3) is 0 Å². The minimum Gasteiger partial charge on any atom is -0.312 e. The lowest BCUT2D eigenvalue weighted by Crippen LogP contribution is -2.29. The molecule has 0 saturated carbocycles. The van der Waals surface area contributed by atoms with Gasteiger partial charge in [-0.15, -0.1) is 0 Å². The highest BCUT2D eigenvalue weighted by atomic mass is 32.1. The van der Waals surface area contributed by atoms with Crippen LogP contribution >= 0.6 is 24.4 Å². The highest BCUT2D eigenvalue weighted by Gasteiger charge is 1.92. The SMILES string of the molecule is CC(C)NC(C)C.S=C=S. The summed E-state index contributed by atoms with van der Waals surface area (Å²) in [6.07, 6.45) is 0. The third kappa shape index (κ3) is 24.1. The van der Waals surface area contributed by atoms with Crippen molar-refractivity contribution >= 4 is 28.7 Å². The van der Waals surface area contributed by atoms with Crippen molar-refractivity contribution in [3.63, 3.8) is 0 Å². The molecule has 0 amide bonds. The van der Waals surface area contributed by atoms with Crippen molar-refractivity contribution in [2.45, 2.75) is 39.8 Å². The molecular weight excluding hydrogens is 162 g/mol. The van der Waals surface area contributed by atoms with Crippen LogP contribution in [0.4, 0.5) is 0 Å². The molecule has 1 N–H and O–H groups in total. The lowest BCUT2D eigenvalue weighted by molar-refractivity contribution is 0.518. The molecule has 0 rings (SSSR count). The maximum atomic E-state index is 3.96. The topological polar surface area (TPSA) is 12.0 Å². The number of rotatable bonds is 2. The standard InChI is InChI=1S/C6H15N.CS2/c1-5(2)7-6(3)4;2-1-3/h5-7H,1-4H3;. The van der Waals surface area contributed by atoms with E-state index in [4.69, 9.17) is 0 Å². The summed E-state index contributed by atoms with van der Waals surface area (Å²) in [7, 11) is 0. The van der Waals surface area contributed by atoms with E-state index in [2.05, 4.69) is 57.4 Å². The number of hydrogen-bond donors (Lipinski definition) is 1. The Morgan fingerprint density at radius 3 is 1.20 bits per heavy atom. The van der Waals surface area contributed by atoms with Crippen LogP contribution in [0.2, 0.25) is 0 Å². The fourth-order valence-corrected chi connectivity index (χ4v) is 0.667. The van der Waals surface area contributed by atoms with Crippen LogP contribution < -0.4 is 5.32 Å². The molecule has 10 heavy (non-hydrogen) atoms. The fourth-order valence-electron chi connectivity index (χ4n) is 0.667. The van der Waals surface area contributed by atoms with Crippen molar-refractivity contribution < 1.29 is 0 Å². The van der Waals surface area contributed by atoms with Gasteiger partial charge >= 0.3 is 0 Å². The molecule has 0 aliphatic carbocycles. The van der Waals surface area contributed by atoms with Crippen molar-refractivity contribution in [2.75, 3.05) is 0 Å². The monoisotopic (exact) mass is 177 g/mol. The van der Waals surface area contributed by atoms with Crippen LogP contribution in [0.3, 0.4) is 0 Å². The number of thiocarbonyl (C=S) groups is 2. The van der Waals surface area contributed by atoms with E-state index in [1.54, 1.807) is 0 Å². The molecule has 0 radical (unpaired) electrons. The molecule has 0 aromatic carbocycles. The van der Waals surface area contributed by atoms with Gasteiger partial charge in [0.2, 0.25) is 0 Å². The zero-order valence-corrected chi connectivity index (χ0v) is 8.60. The van der Waals surface area contributed by atoms with Gasteiger partial charge in [0.15, 0.2) is 0 Å². The van der Waals surface area contributed by atoms with Crippen LogP contribution in [0, 0.1) is 0 Å². The summed E-state index contributed by atoms with van der Waals surface area (Å²) >= 11 is 7.92. The second-order valence-electron chi connectivity index (χ2n) is 2.56. The van der Waals surface area contributed by atoms with Gasteiger partial charge in [0.05, 0.1) is 0 Å². The summed E-state index contributed by atoms with van der Waals surface area (Å²) in [6, 6.07) is 1.25. The average molecular weight is 177 g/mol. The molecule has 0 unspecified atom stereocenters. The van der Waals surface area contributed by atoms with Crippen molar-refractivity contribution in [2.24, 2.45) is 0 Å². The van der Waals surface area contributed by atoms with E-state index in [0.717, 1.165) is 0 Å². The van der Waals surface area contributed by atoms with E-state index in [-0.39, 0.29) is 0 Å². The number of hydrogen-bond acceptors (Lipinski definition) is 3. The lowest BCUT2D eigenvalue weighted by atomic mass is 10.3. The quantitative estimate of drug-likeness (QED) is 0.651. The second-order valence-corrected chi connectivity index (χ2v) is 3.23. The van der Waals surface area contributed by atoms with Crippen LogP contribution in [-0.4, -0.2) is 16.4 Å². The Balaban J connectivity index is 0. The molecule has 60 valence electrons. The van der Waals surface area contributed by atoms with E-state index in [9.17, 15) is 0 Å². The van der Waals surface area contributed by atoms with Crippen molar-refractivity contribution in [3.8, 4) is 0 Å². The van der Waals surface area contributed by atoms with Crippen molar-refractivity contribution in [1.82, 2.24) is 5.32 Å². The minimum atomic E-state index is 0.625. The first kappa shape index (κ1) is 12.8. The Kier molecular flexibility index (Phi) is 11.8. The normalized spacial score (nSPS) is 8.60. The lowest BCUT2D eigenvalue weighted by Gasteiger charge is -2.10. The molecule has 0 spiro atoms. The summed E-state index contributed by atoms with van der Waals surface area (Å²) in [5.41, 5.74) is 0. The zero-order chi connectivity index (χ0) is 8.57. The van der Waals surface area contributed by atoms with Crippen LogP contribution in [-0.2, 0) is 0 Å². The molecule has 0 saturated heterocycles. The van der Waals surface area contributed by atoms with Gasteiger partial charge in [-0.2, -0.15) is 0 Å². The molecular formula is C7H15NS2. The first-order valence-corrected chi connectivity index (χ1v) is 4.11. The van der Waals surface area contributed by atoms with Crippen molar-refractivity contribution in [3.05, 3.63) is 0 Å². The zero-order valence-electron chi connectivity index (χ0n) is 6.97. The van der Waals surface area contributed by atoms with Crippen LogP contribution in [0.15, 0.2) is 0 Å². The third-order valence-corrected chi connectivity index (χ3v) is 0.667. The first-order valence-electron chi connectivity index (χ1n) is 3.29. The average Bonchev–Trinajstić information content (AvgIpc) is 1.62. The molecule has 0 aromatic rings. The Morgan fingerprint density at radius 1 is 1.00 bits per heavy atom. The van der Waals surface area contributed by atoms with Crippen molar-refractivity contribution in [1.29, 1.82) is 0 Å².